The Kier molecular flexibility index (Phi) is 6.15. The lowest BCUT2D eigenvalue weighted by Gasteiger charge is -2.19. The fourth-order valence-corrected chi connectivity index (χ4v) is 3.37. The maximum atomic E-state index is 13.8. The van der Waals surface area contributed by atoms with Crippen LogP contribution in [0.3, 0.4) is 0 Å². The number of amides is 2. The number of fused-ring (bicyclic) bond motifs is 1. The topological polar surface area (TPSA) is 72.2 Å². The predicted molar refractivity (Wildman–Crippen MR) is 100 cm³/mol. The normalized spacial score (nSPS) is 13.3. The van der Waals surface area contributed by atoms with E-state index in [-0.39, 0.29) is 28.9 Å². The standard InChI is InChI=1S/C18H23ClFN5O2/c1-23(12-13-14(19)6-4-7-15(13)20)17(26)21-9-5-11-25-18(27)24-10-3-2-8-16(24)22-25/h4,6-7H,2-3,5,8-12H2,1H3,(H,21,26). The van der Waals surface area contributed by atoms with E-state index in [1.807, 2.05) is 0 Å². The molecule has 0 saturated heterocycles. The van der Waals surface area contributed by atoms with Crippen LogP contribution in [-0.4, -0.2) is 38.9 Å². The lowest BCUT2D eigenvalue weighted by Crippen LogP contribution is -2.38. The van der Waals surface area contributed by atoms with Crippen LogP contribution in [0.1, 0.15) is 30.7 Å². The van der Waals surface area contributed by atoms with E-state index >= 15 is 0 Å². The van der Waals surface area contributed by atoms with Crippen molar-refractivity contribution >= 4 is 17.6 Å². The number of urea groups is 1. The number of nitrogens with zero attached hydrogens (tertiary/aromatic N) is 4. The highest BCUT2D eigenvalue weighted by molar-refractivity contribution is 6.31. The molecule has 146 valence electrons. The average Bonchev–Trinajstić information content (AvgIpc) is 2.98. The summed E-state index contributed by atoms with van der Waals surface area (Å²) in [6.45, 7) is 1.64. The van der Waals surface area contributed by atoms with E-state index in [1.54, 1.807) is 17.7 Å². The fraction of sp³-hybridized carbons (Fsp3) is 0.500. The average molecular weight is 396 g/mol. The molecule has 2 amide bonds. The van der Waals surface area contributed by atoms with Gasteiger partial charge in [0.25, 0.3) is 0 Å². The summed E-state index contributed by atoms with van der Waals surface area (Å²) in [5.41, 5.74) is 0.203. The minimum Gasteiger partial charge on any atom is -0.338 e. The number of hydrogen-bond donors (Lipinski definition) is 1. The third kappa shape index (κ3) is 4.50. The van der Waals surface area contributed by atoms with Crippen molar-refractivity contribution in [2.45, 2.75) is 45.3 Å². The van der Waals surface area contributed by atoms with Crippen LogP contribution in [0.5, 0.6) is 0 Å². The van der Waals surface area contributed by atoms with Crippen LogP contribution in [0.2, 0.25) is 5.02 Å². The summed E-state index contributed by atoms with van der Waals surface area (Å²) in [4.78, 5) is 25.8. The lowest BCUT2D eigenvalue weighted by molar-refractivity contribution is 0.206. The van der Waals surface area contributed by atoms with E-state index in [0.29, 0.717) is 19.5 Å². The lowest BCUT2D eigenvalue weighted by atomic mass is 10.2. The maximum absolute atomic E-state index is 13.8. The summed E-state index contributed by atoms with van der Waals surface area (Å²) in [7, 11) is 1.58. The first-order chi connectivity index (χ1) is 13.0. The van der Waals surface area contributed by atoms with Gasteiger partial charge in [0, 0.05) is 43.7 Å². The predicted octanol–water partition coefficient (Wildman–Crippen LogP) is 2.41. The summed E-state index contributed by atoms with van der Waals surface area (Å²) in [5.74, 6) is 0.405. The molecule has 1 aliphatic heterocycles. The maximum Gasteiger partial charge on any atom is 0.345 e. The number of hydrogen-bond acceptors (Lipinski definition) is 3. The smallest absolute Gasteiger partial charge is 0.338 e. The van der Waals surface area contributed by atoms with Gasteiger partial charge in [-0.2, -0.15) is 5.10 Å². The molecule has 27 heavy (non-hydrogen) atoms. The summed E-state index contributed by atoms with van der Waals surface area (Å²) >= 11 is 5.99. The van der Waals surface area contributed by atoms with Crippen molar-refractivity contribution in [3.63, 3.8) is 0 Å². The Hall–Kier alpha value is -2.35. The summed E-state index contributed by atoms with van der Waals surface area (Å²) in [6.07, 6.45) is 3.48. The van der Waals surface area contributed by atoms with E-state index in [9.17, 15) is 14.0 Å². The van der Waals surface area contributed by atoms with Crippen molar-refractivity contribution in [2.24, 2.45) is 0 Å². The van der Waals surface area contributed by atoms with Gasteiger partial charge < -0.3 is 10.2 Å². The van der Waals surface area contributed by atoms with E-state index in [0.717, 1.165) is 31.6 Å². The van der Waals surface area contributed by atoms with E-state index in [4.69, 9.17) is 11.6 Å². The first kappa shape index (κ1) is 19.4. The second-order valence-electron chi connectivity index (χ2n) is 6.67. The second-order valence-corrected chi connectivity index (χ2v) is 7.08. The number of halogens is 2. The number of aromatic nitrogens is 3. The quantitative estimate of drug-likeness (QED) is 0.763. The Bertz CT molecular complexity index is 859. The number of carbonyl (C=O) groups is 1. The Balaban J connectivity index is 1.47. The van der Waals surface area contributed by atoms with Crippen LogP contribution in [0.25, 0.3) is 0 Å². The minimum atomic E-state index is -0.440. The molecule has 0 spiro atoms. The number of rotatable bonds is 6. The first-order valence-corrected chi connectivity index (χ1v) is 9.43. The van der Waals surface area contributed by atoms with Crippen LogP contribution < -0.4 is 11.0 Å². The van der Waals surface area contributed by atoms with Gasteiger partial charge in [0.05, 0.1) is 6.54 Å². The van der Waals surface area contributed by atoms with Gasteiger partial charge in [0.1, 0.15) is 11.6 Å². The molecule has 1 N–H and O–H groups in total. The largest absolute Gasteiger partial charge is 0.345 e. The number of carbonyl (C=O) groups excluding carboxylic acids is 1. The molecule has 3 rings (SSSR count). The van der Waals surface area contributed by atoms with Crippen molar-refractivity contribution in [2.75, 3.05) is 13.6 Å². The zero-order valence-corrected chi connectivity index (χ0v) is 16.0. The highest BCUT2D eigenvalue weighted by Gasteiger charge is 2.17. The molecule has 2 heterocycles. The summed E-state index contributed by atoms with van der Waals surface area (Å²) in [5, 5.41) is 7.42. The van der Waals surface area contributed by atoms with Crippen LogP contribution in [0.4, 0.5) is 9.18 Å². The van der Waals surface area contributed by atoms with Gasteiger partial charge >= 0.3 is 11.7 Å². The van der Waals surface area contributed by atoms with E-state index < -0.39 is 5.82 Å². The van der Waals surface area contributed by atoms with Gasteiger partial charge in [-0.05, 0) is 31.4 Å². The molecular formula is C18H23ClFN5O2. The molecule has 0 unspecified atom stereocenters. The molecule has 7 nitrogen and oxygen atoms in total. The molecule has 0 saturated carbocycles. The molecule has 2 aromatic rings. The SMILES string of the molecule is CN(Cc1c(F)cccc1Cl)C(=O)NCCCn1nc2n(c1=O)CCCC2. The minimum absolute atomic E-state index is 0.0740. The second kappa shape index (κ2) is 8.56. The zero-order chi connectivity index (χ0) is 19.4. The first-order valence-electron chi connectivity index (χ1n) is 9.05. The molecule has 0 bridgehead atoms. The Labute approximate surface area is 161 Å². The summed E-state index contributed by atoms with van der Waals surface area (Å²) in [6, 6.07) is 4.10. The van der Waals surface area contributed by atoms with Gasteiger partial charge in [-0.25, -0.2) is 18.7 Å². The zero-order valence-electron chi connectivity index (χ0n) is 15.3. The van der Waals surface area contributed by atoms with E-state index in [1.165, 1.54) is 21.7 Å². The highest BCUT2D eigenvalue weighted by Crippen LogP contribution is 2.20. The third-order valence-electron chi connectivity index (χ3n) is 4.66. The van der Waals surface area contributed by atoms with Gasteiger partial charge in [-0.15, -0.1) is 0 Å². The number of benzene rings is 1. The molecule has 0 radical (unpaired) electrons. The molecular weight excluding hydrogens is 373 g/mol. The Morgan fingerprint density at radius 1 is 1.41 bits per heavy atom. The molecule has 1 aromatic heterocycles. The molecule has 1 aromatic carbocycles. The van der Waals surface area contributed by atoms with Crippen molar-refractivity contribution in [1.29, 1.82) is 0 Å². The molecule has 0 atom stereocenters. The molecule has 1 aliphatic rings. The van der Waals surface area contributed by atoms with Gasteiger partial charge in [0.15, 0.2) is 0 Å². The monoisotopic (exact) mass is 395 g/mol. The number of nitrogens with one attached hydrogen (secondary N) is 1. The van der Waals surface area contributed by atoms with Crippen molar-refractivity contribution in [3.8, 4) is 0 Å². The number of aryl methyl sites for hydroxylation is 2. The van der Waals surface area contributed by atoms with Crippen molar-refractivity contribution in [3.05, 3.63) is 50.9 Å². The van der Waals surface area contributed by atoms with Gasteiger partial charge in [-0.1, -0.05) is 17.7 Å². The van der Waals surface area contributed by atoms with Crippen LogP contribution in [0, 0.1) is 5.82 Å². The van der Waals surface area contributed by atoms with Crippen LogP contribution in [0.15, 0.2) is 23.0 Å². The highest BCUT2D eigenvalue weighted by atomic mass is 35.5. The van der Waals surface area contributed by atoms with Gasteiger partial charge in [0.2, 0.25) is 0 Å². The van der Waals surface area contributed by atoms with Crippen molar-refractivity contribution < 1.29 is 9.18 Å². The van der Waals surface area contributed by atoms with E-state index in [2.05, 4.69) is 10.4 Å². The third-order valence-corrected chi connectivity index (χ3v) is 5.01. The van der Waals surface area contributed by atoms with Crippen LogP contribution >= 0.6 is 11.6 Å². The molecule has 0 aliphatic carbocycles. The Morgan fingerprint density at radius 3 is 2.96 bits per heavy atom. The molecule has 9 heteroatoms. The summed E-state index contributed by atoms with van der Waals surface area (Å²) < 4.78 is 17.0. The van der Waals surface area contributed by atoms with Crippen molar-refractivity contribution in [1.82, 2.24) is 24.6 Å². The Morgan fingerprint density at radius 2 is 2.22 bits per heavy atom. The van der Waals surface area contributed by atoms with Gasteiger partial charge in [-0.3, -0.25) is 4.57 Å². The fourth-order valence-electron chi connectivity index (χ4n) is 3.15. The molecule has 0 fully saturated rings. The van der Waals surface area contributed by atoms with Crippen LogP contribution in [-0.2, 0) is 26.1 Å².